The molecule has 11 heteroatoms. The topological polar surface area (TPSA) is 94.6 Å². The molecule has 0 heterocycles. The van der Waals surface area contributed by atoms with Gasteiger partial charge in [-0.15, -0.1) is 0 Å². The minimum absolute atomic E-state index is 0.637. The number of rotatable bonds is 3. The van der Waals surface area contributed by atoms with Gasteiger partial charge in [-0.2, -0.15) is 0 Å². The van der Waals surface area contributed by atoms with Gasteiger partial charge in [-0.25, -0.2) is 21.6 Å². The zero-order valence-corrected chi connectivity index (χ0v) is 12.0. The van der Waals surface area contributed by atoms with Crippen molar-refractivity contribution in [3.8, 4) is 0 Å². The fourth-order valence-corrected chi connectivity index (χ4v) is 4.36. The molecule has 0 unspecified atom stereocenters. The van der Waals surface area contributed by atoms with Gasteiger partial charge in [0.2, 0.25) is 0 Å². The summed E-state index contributed by atoms with van der Waals surface area (Å²) in [7, 11) is 1.15. The van der Waals surface area contributed by atoms with Crippen molar-refractivity contribution < 1.29 is 25.9 Å². The van der Waals surface area contributed by atoms with E-state index in [4.69, 9.17) is 33.2 Å². The van der Waals surface area contributed by atoms with Crippen molar-refractivity contribution in [1.29, 1.82) is 0 Å². The molecule has 0 atom stereocenters. The first-order chi connectivity index (χ1) is 8.09. The van der Waals surface area contributed by atoms with Crippen LogP contribution in [0.4, 0.5) is 0 Å². The maximum atomic E-state index is 11.3. The highest BCUT2D eigenvalue weighted by Gasteiger charge is 2.30. The van der Waals surface area contributed by atoms with Crippen molar-refractivity contribution >= 4 is 57.3 Å². The van der Waals surface area contributed by atoms with Crippen LogP contribution < -0.4 is 0 Å². The Bertz CT molecular complexity index is 694. The molecule has 0 fully saturated rings. The van der Waals surface area contributed by atoms with Gasteiger partial charge in [0.15, 0.2) is 0 Å². The highest BCUT2D eigenvalue weighted by Crippen LogP contribution is 2.30. The molecule has 0 bridgehead atoms. The van der Waals surface area contributed by atoms with E-state index in [1.807, 2.05) is 0 Å². The molecule has 0 aliphatic heterocycles. The van der Waals surface area contributed by atoms with Crippen LogP contribution in [0.25, 0.3) is 0 Å². The molecule has 100 valence electrons. The maximum Gasteiger partial charge on any atom is 0.357 e. The third-order valence-electron chi connectivity index (χ3n) is 1.78. The molecule has 1 rings (SSSR count). The minimum Gasteiger partial charge on any atom is -0.343 e. The molecule has 0 aliphatic carbocycles. The van der Waals surface area contributed by atoms with Gasteiger partial charge >= 0.3 is 5.97 Å². The Kier molecular flexibility index (Phi) is 4.50. The molecule has 0 amide bonds. The van der Waals surface area contributed by atoms with Gasteiger partial charge in [0.25, 0.3) is 18.1 Å². The summed E-state index contributed by atoms with van der Waals surface area (Å²) in [5, 5.41) is 0. The van der Waals surface area contributed by atoms with Crippen molar-refractivity contribution in [3.63, 3.8) is 0 Å². The molecule has 0 N–H and O–H groups in total. The number of hydrogen-bond donors (Lipinski definition) is 0. The normalized spacial score (nSPS) is 12.2. The Morgan fingerprint density at radius 3 is 2.00 bits per heavy atom. The van der Waals surface area contributed by atoms with Gasteiger partial charge in [0.05, 0.1) is 5.56 Å². The van der Waals surface area contributed by atoms with Crippen LogP contribution in [0, 0.1) is 0 Å². The standard InChI is InChI=1S/C7H3Cl3O6S2/c8-16-7(11)4-2-1-3-5(17(9,12)13)6(4)18(10,14)15/h1-3H. The van der Waals surface area contributed by atoms with Gasteiger partial charge in [-0.05, 0) is 12.1 Å². The Morgan fingerprint density at radius 2 is 1.61 bits per heavy atom. The van der Waals surface area contributed by atoms with E-state index >= 15 is 0 Å². The van der Waals surface area contributed by atoms with Gasteiger partial charge < -0.3 is 4.29 Å². The molecular formula is C7H3Cl3O6S2. The number of halogens is 3. The molecule has 1 aromatic carbocycles. The van der Waals surface area contributed by atoms with Crippen molar-refractivity contribution in [3.05, 3.63) is 23.8 Å². The summed E-state index contributed by atoms with van der Waals surface area (Å²) in [4.78, 5) is 9.43. The average molecular weight is 354 g/mol. The second-order valence-corrected chi connectivity index (χ2v) is 8.06. The van der Waals surface area contributed by atoms with Crippen LogP contribution in [-0.2, 0) is 22.4 Å². The Morgan fingerprint density at radius 1 is 1.06 bits per heavy atom. The van der Waals surface area contributed by atoms with Crippen LogP contribution in [0.1, 0.15) is 10.4 Å². The monoisotopic (exact) mass is 352 g/mol. The highest BCUT2D eigenvalue weighted by molar-refractivity contribution is 8.16. The van der Waals surface area contributed by atoms with Crippen LogP contribution in [0.15, 0.2) is 28.0 Å². The summed E-state index contributed by atoms with van der Waals surface area (Å²) in [6.07, 6.45) is 0. The molecule has 0 saturated heterocycles. The third kappa shape index (κ3) is 3.27. The first-order valence-corrected chi connectivity index (χ1v) is 8.87. The van der Waals surface area contributed by atoms with E-state index in [2.05, 4.69) is 4.29 Å². The summed E-state index contributed by atoms with van der Waals surface area (Å²) < 4.78 is 48.9. The minimum atomic E-state index is -4.55. The molecule has 0 radical (unpaired) electrons. The van der Waals surface area contributed by atoms with Crippen LogP contribution in [0.3, 0.4) is 0 Å². The van der Waals surface area contributed by atoms with E-state index in [1.165, 1.54) is 0 Å². The lowest BCUT2D eigenvalue weighted by Gasteiger charge is -2.07. The molecule has 0 saturated carbocycles. The van der Waals surface area contributed by atoms with Crippen molar-refractivity contribution in [1.82, 2.24) is 0 Å². The molecular weight excluding hydrogens is 351 g/mol. The zero-order chi connectivity index (χ0) is 14.1. The van der Waals surface area contributed by atoms with Crippen molar-refractivity contribution in [2.24, 2.45) is 0 Å². The van der Waals surface area contributed by atoms with Crippen molar-refractivity contribution in [2.45, 2.75) is 9.79 Å². The highest BCUT2D eigenvalue weighted by atomic mass is 35.7. The SMILES string of the molecule is O=C(OCl)c1cccc(S(=O)(=O)Cl)c1S(=O)(=O)Cl. The van der Waals surface area contributed by atoms with E-state index in [0.717, 1.165) is 18.2 Å². The number of benzene rings is 1. The van der Waals surface area contributed by atoms with Crippen LogP contribution in [0.5, 0.6) is 0 Å². The summed E-state index contributed by atoms with van der Waals surface area (Å²) in [6, 6.07) is 2.94. The van der Waals surface area contributed by atoms with Crippen molar-refractivity contribution in [2.75, 3.05) is 0 Å². The lowest BCUT2D eigenvalue weighted by atomic mass is 10.2. The molecule has 18 heavy (non-hydrogen) atoms. The molecule has 1 aromatic rings. The largest absolute Gasteiger partial charge is 0.357 e. The number of hydrogen-bond acceptors (Lipinski definition) is 6. The van der Waals surface area contributed by atoms with Crippen LogP contribution in [-0.4, -0.2) is 22.8 Å². The summed E-state index contributed by atoms with van der Waals surface area (Å²) in [6.45, 7) is 0. The predicted molar refractivity (Wildman–Crippen MR) is 63.8 cm³/mol. The molecule has 0 aromatic heterocycles. The Hall–Kier alpha value is -0.540. The summed E-state index contributed by atoms with van der Waals surface area (Å²) in [5.74, 6) is -1.28. The maximum absolute atomic E-state index is 11.3. The average Bonchev–Trinajstić information content (AvgIpc) is 2.24. The Labute approximate surface area is 116 Å². The lowest BCUT2D eigenvalue weighted by molar-refractivity contribution is 0.0747. The third-order valence-corrected chi connectivity index (χ3v) is 4.80. The lowest BCUT2D eigenvalue weighted by Crippen LogP contribution is -2.10. The second-order valence-electron chi connectivity index (χ2n) is 2.87. The first kappa shape index (κ1) is 15.5. The quantitative estimate of drug-likeness (QED) is 0.770. The molecule has 0 spiro atoms. The molecule has 0 aliphatic rings. The van der Waals surface area contributed by atoms with Crippen LogP contribution >= 0.6 is 33.2 Å². The number of carbonyl (C=O) groups is 1. The first-order valence-electron chi connectivity index (χ1n) is 3.94. The van der Waals surface area contributed by atoms with Gasteiger partial charge in [0.1, 0.15) is 21.7 Å². The van der Waals surface area contributed by atoms with Crippen LogP contribution in [0.2, 0.25) is 0 Å². The van der Waals surface area contributed by atoms with E-state index in [0.29, 0.717) is 0 Å². The van der Waals surface area contributed by atoms with Gasteiger partial charge in [0, 0.05) is 21.4 Å². The van der Waals surface area contributed by atoms with E-state index < -0.39 is 39.4 Å². The smallest absolute Gasteiger partial charge is 0.343 e. The summed E-state index contributed by atoms with van der Waals surface area (Å²) >= 11 is 4.81. The second kappa shape index (κ2) is 5.22. The van der Waals surface area contributed by atoms with Gasteiger partial charge in [-0.1, -0.05) is 6.07 Å². The predicted octanol–water partition coefficient (Wildman–Crippen LogP) is 1.85. The van der Waals surface area contributed by atoms with E-state index in [9.17, 15) is 21.6 Å². The zero-order valence-electron chi connectivity index (χ0n) is 8.13. The fourth-order valence-electron chi connectivity index (χ4n) is 1.16. The van der Waals surface area contributed by atoms with E-state index in [1.54, 1.807) is 0 Å². The molecule has 6 nitrogen and oxygen atoms in total. The van der Waals surface area contributed by atoms with E-state index in [-0.39, 0.29) is 0 Å². The fraction of sp³-hybridized carbons (Fsp3) is 0. The van der Waals surface area contributed by atoms with Gasteiger partial charge in [-0.3, -0.25) is 0 Å². The number of carbonyl (C=O) groups excluding carboxylic acids is 1. The summed E-state index contributed by atoms with van der Waals surface area (Å²) in [5.41, 5.74) is -0.637. The Balaban J connectivity index is 3.84.